The van der Waals surface area contributed by atoms with Gasteiger partial charge in [-0.15, -0.1) is 0 Å². The number of esters is 3. The van der Waals surface area contributed by atoms with Crippen molar-refractivity contribution < 1.29 is 58.2 Å². The van der Waals surface area contributed by atoms with E-state index in [0.717, 1.165) is 128 Å². The van der Waals surface area contributed by atoms with Crippen LogP contribution in [0.1, 0.15) is 201 Å². The lowest BCUT2D eigenvalue weighted by Gasteiger charge is -2.40. The van der Waals surface area contributed by atoms with Crippen molar-refractivity contribution in [1.82, 2.24) is 0 Å². The highest BCUT2D eigenvalue weighted by molar-refractivity contribution is 5.74. The van der Waals surface area contributed by atoms with E-state index in [1.54, 1.807) is 6.08 Å². The second-order valence-corrected chi connectivity index (χ2v) is 18.8. The van der Waals surface area contributed by atoms with Gasteiger partial charge in [0.2, 0.25) is 0 Å². The van der Waals surface area contributed by atoms with Gasteiger partial charge >= 0.3 is 23.9 Å². The Hall–Kier alpha value is -4.88. The number of aliphatic carboxylic acids is 1. The molecular formula is C63H98O12. The molecule has 6 atom stereocenters. The summed E-state index contributed by atoms with van der Waals surface area (Å²) in [5.41, 5.74) is 0. The SMILES string of the molecule is CC/C=C\C/C=C\C/C=C\C/C=C\C/C=C\CC(=O)OCC(COC1OC(C(=O)O)C(O)C(O)C1OC(=O)CCCCCCCC/C=C\C/C=C\C/C=C\C/C=C\CC)OC(=O)CCCCCCC/C=C\CCCC. The van der Waals surface area contributed by atoms with Crippen molar-refractivity contribution in [3.05, 3.63) is 122 Å². The van der Waals surface area contributed by atoms with Gasteiger partial charge in [0.05, 0.1) is 13.0 Å². The highest BCUT2D eigenvalue weighted by atomic mass is 16.7. The van der Waals surface area contributed by atoms with Crippen molar-refractivity contribution in [1.29, 1.82) is 0 Å². The smallest absolute Gasteiger partial charge is 0.335 e. The number of aliphatic hydroxyl groups is 2. The van der Waals surface area contributed by atoms with Crippen molar-refractivity contribution in [3.63, 3.8) is 0 Å². The van der Waals surface area contributed by atoms with E-state index in [4.69, 9.17) is 23.7 Å². The fraction of sp³-hybridized carbons (Fsp3) is 0.619. The molecule has 0 aromatic rings. The Kier molecular flexibility index (Phi) is 45.4. The number of hydrogen-bond donors (Lipinski definition) is 3. The minimum Gasteiger partial charge on any atom is -0.479 e. The van der Waals surface area contributed by atoms with Crippen molar-refractivity contribution >= 4 is 23.9 Å². The third-order valence-electron chi connectivity index (χ3n) is 12.0. The van der Waals surface area contributed by atoms with Gasteiger partial charge in [0, 0.05) is 12.8 Å². The van der Waals surface area contributed by atoms with Gasteiger partial charge in [-0.25, -0.2) is 4.79 Å². The fourth-order valence-electron chi connectivity index (χ4n) is 7.71. The first-order valence-corrected chi connectivity index (χ1v) is 28.5. The molecule has 1 fully saturated rings. The topological polar surface area (TPSA) is 175 Å². The fourth-order valence-corrected chi connectivity index (χ4v) is 7.71. The van der Waals surface area contributed by atoms with Crippen LogP contribution < -0.4 is 0 Å². The number of aliphatic hydroxyl groups excluding tert-OH is 2. The lowest BCUT2D eigenvalue weighted by molar-refractivity contribution is -0.301. The van der Waals surface area contributed by atoms with Gasteiger partial charge in [0.15, 0.2) is 24.6 Å². The number of ether oxygens (including phenoxy) is 5. The van der Waals surface area contributed by atoms with E-state index in [-0.39, 0.29) is 25.9 Å². The van der Waals surface area contributed by atoms with Crippen LogP contribution in [0.15, 0.2) is 122 Å². The number of carboxylic acid groups (broad SMARTS) is 1. The maximum atomic E-state index is 13.1. The van der Waals surface area contributed by atoms with E-state index in [9.17, 15) is 34.5 Å². The van der Waals surface area contributed by atoms with Gasteiger partial charge in [-0.3, -0.25) is 14.4 Å². The standard InChI is InChI=1S/C63H98O12/c1-4-7-10-13-16-19-22-24-26-27-28-29-31-33-36-39-42-45-48-51-57(66)74-61-59(68)58(67)60(62(69)70)75-63(61)72-53-54(73-56(65)50-47-44-41-38-34-21-18-15-12-9-6-3)52-71-55(64)49-46-43-40-37-35-32-30-25-23-20-17-14-11-8-5-2/h7-8,10-11,15-20,24-26,28-30,35,37,43,46,54,58-61,63,67-68H,4-6,9,12-14,21-23,27,31-34,36,38-42,44-45,47-53H2,1-3H3,(H,69,70)/b10-7-,11-8-,18-15-,19-16-,20-17-,26-24-,29-28-,30-25-,37-35-,46-43-. The van der Waals surface area contributed by atoms with Crippen LogP contribution in [0.2, 0.25) is 0 Å². The minimum absolute atomic E-state index is 0.0234. The molecule has 0 amide bonds. The number of unbranched alkanes of at least 4 members (excludes halogenated alkanes) is 13. The summed E-state index contributed by atoms with van der Waals surface area (Å²) >= 11 is 0. The molecule has 0 spiro atoms. The maximum Gasteiger partial charge on any atom is 0.335 e. The van der Waals surface area contributed by atoms with E-state index in [2.05, 4.69) is 124 Å². The number of allylic oxidation sites excluding steroid dienone is 19. The normalized spacial score (nSPS) is 19.1. The monoisotopic (exact) mass is 1050 g/mol. The molecule has 422 valence electrons. The molecular weight excluding hydrogens is 949 g/mol. The molecule has 0 bridgehead atoms. The zero-order chi connectivity index (χ0) is 54.7. The Balaban J connectivity index is 2.74. The number of hydrogen-bond acceptors (Lipinski definition) is 11. The lowest BCUT2D eigenvalue weighted by Crippen LogP contribution is -2.61. The quantitative estimate of drug-likeness (QED) is 0.0228. The first-order valence-electron chi connectivity index (χ1n) is 28.5. The molecule has 75 heavy (non-hydrogen) atoms. The zero-order valence-electron chi connectivity index (χ0n) is 46.2. The number of carbonyl (C=O) groups excluding carboxylic acids is 3. The summed E-state index contributed by atoms with van der Waals surface area (Å²) in [5, 5.41) is 31.4. The average Bonchev–Trinajstić information content (AvgIpc) is 3.39. The van der Waals surface area contributed by atoms with E-state index in [0.29, 0.717) is 19.3 Å². The number of carbonyl (C=O) groups is 4. The molecule has 0 aliphatic carbocycles. The molecule has 12 heteroatoms. The first kappa shape index (κ1) is 68.1. The van der Waals surface area contributed by atoms with Crippen LogP contribution in [0.3, 0.4) is 0 Å². The van der Waals surface area contributed by atoms with Gasteiger partial charge in [0.1, 0.15) is 18.8 Å². The molecule has 1 rings (SSSR count). The molecule has 1 aliphatic heterocycles. The molecule has 1 aliphatic rings. The van der Waals surface area contributed by atoms with Crippen LogP contribution >= 0.6 is 0 Å². The average molecular weight is 1050 g/mol. The number of carboxylic acids is 1. The molecule has 0 aromatic carbocycles. The second kappa shape index (κ2) is 50.0. The lowest BCUT2D eigenvalue weighted by atomic mass is 9.98. The van der Waals surface area contributed by atoms with E-state index in [1.165, 1.54) is 12.8 Å². The molecule has 0 radical (unpaired) electrons. The summed E-state index contributed by atoms with van der Waals surface area (Å²) in [6, 6.07) is 0. The summed E-state index contributed by atoms with van der Waals surface area (Å²) in [5.74, 6) is -3.33. The van der Waals surface area contributed by atoms with Gasteiger partial charge in [0.25, 0.3) is 0 Å². The number of rotatable bonds is 46. The van der Waals surface area contributed by atoms with Crippen molar-refractivity contribution in [2.75, 3.05) is 13.2 Å². The maximum absolute atomic E-state index is 13.1. The first-order chi connectivity index (χ1) is 36.6. The zero-order valence-corrected chi connectivity index (χ0v) is 46.2. The summed E-state index contributed by atoms with van der Waals surface area (Å²) < 4.78 is 28.2. The predicted molar refractivity (Wildman–Crippen MR) is 303 cm³/mol. The van der Waals surface area contributed by atoms with E-state index >= 15 is 0 Å². The van der Waals surface area contributed by atoms with E-state index < -0.39 is 67.3 Å². The summed E-state index contributed by atoms with van der Waals surface area (Å²) in [6.45, 7) is 5.60. The van der Waals surface area contributed by atoms with E-state index in [1.807, 2.05) is 12.2 Å². The van der Waals surface area contributed by atoms with Crippen LogP contribution in [-0.4, -0.2) is 89.2 Å². The van der Waals surface area contributed by atoms with Crippen molar-refractivity contribution in [2.45, 2.75) is 237 Å². The summed E-state index contributed by atoms with van der Waals surface area (Å²) in [7, 11) is 0. The van der Waals surface area contributed by atoms with Gasteiger partial charge in [-0.1, -0.05) is 200 Å². The summed E-state index contributed by atoms with van der Waals surface area (Å²) in [4.78, 5) is 51.0. The second-order valence-electron chi connectivity index (χ2n) is 18.8. The molecule has 12 nitrogen and oxygen atoms in total. The van der Waals surface area contributed by atoms with Crippen LogP contribution in [0.25, 0.3) is 0 Å². The van der Waals surface area contributed by atoms with Crippen molar-refractivity contribution in [2.24, 2.45) is 0 Å². The molecule has 0 aromatic heterocycles. The van der Waals surface area contributed by atoms with Gasteiger partial charge in [-0.2, -0.15) is 0 Å². The van der Waals surface area contributed by atoms with Crippen LogP contribution in [0.4, 0.5) is 0 Å². The van der Waals surface area contributed by atoms with Gasteiger partial charge in [-0.05, 0) is 103 Å². The third kappa shape index (κ3) is 40.1. The Morgan fingerprint density at radius 1 is 0.467 bits per heavy atom. The van der Waals surface area contributed by atoms with Crippen LogP contribution in [0, 0.1) is 0 Å². The largest absolute Gasteiger partial charge is 0.479 e. The Morgan fingerprint density at radius 2 is 0.880 bits per heavy atom. The molecule has 1 saturated heterocycles. The Morgan fingerprint density at radius 3 is 1.36 bits per heavy atom. The van der Waals surface area contributed by atoms with Crippen LogP contribution in [0.5, 0.6) is 0 Å². The van der Waals surface area contributed by atoms with Crippen molar-refractivity contribution in [3.8, 4) is 0 Å². The highest BCUT2D eigenvalue weighted by Crippen LogP contribution is 2.26. The molecule has 1 heterocycles. The Bertz CT molecular complexity index is 1770. The summed E-state index contributed by atoms with van der Waals surface area (Å²) in [6.07, 6.45) is 56.3. The minimum atomic E-state index is -1.93. The third-order valence-corrected chi connectivity index (χ3v) is 12.0. The molecule has 0 saturated carbocycles. The highest BCUT2D eigenvalue weighted by Gasteiger charge is 2.50. The Labute approximate surface area is 452 Å². The van der Waals surface area contributed by atoms with Crippen LogP contribution in [-0.2, 0) is 42.9 Å². The van der Waals surface area contributed by atoms with Gasteiger partial charge < -0.3 is 39.0 Å². The molecule has 6 unspecified atom stereocenters. The molecule has 3 N–H and O–H groups in total. The predicted octanol–water partition coefficient (Wildman–Crippen LogP) is 14.4.